The van der Waals surface area contributed by atoms with Crippen LogP contribution < -0.4 is 0 Å². The monoisotopic (exact) mass is 654 g/mol. The molecule has 0 nitrogen and oxygen atoms in total. The third kappa shape index (κ3) is 5.72. The summed E-state index contributed by atoms with van der Waals surface area (Å²) in [5, 5.41) is 5.32. The fourth-order valence-electron chi connectivity index (χ4n) is 7.25. The Morgan fingerprint density at radius 3 is 1.90 bits per heavy atom. The van der Waals surface area contributed by atoms with Crippen LogP contribution in [-0.2, 0) is 6.42 Å². The zero-order valence-corrected chi connectivity index (χ0v) is 28.4. The quantitative estimate of drug-likeness (QED) is 0.160. The van der Waals surface area contributed by atoms with Gasteiger partial charge in [-0.05, 0) is 85.0 Å². The molecule has 0 amide bonds. The zero-order valence-electron chi connectivity index (χ0n) is 27.6. The van der Waals surface area contributed by atoms with Gasteiger partial charge < -0.3 is 0 Å². The van der Waals surface area contributed by atoms with E-state index in [9.17, 15) is 0 Å². The van der Waals surface area contributed by atoms with Crippen LogP contribution in [0.3, 0.4) is 0 Å². The molecule has 0 aliphatic heterocycles. The zero-order chi connectivity index (χ0) is 33.3. The van der Waals surface area contributed by atoms with Gasteiger partial charge in [-0.3, -0.25) is 0 Å². The largest absolute Gasteiger partial charge is 0.135 e. The van der Waals surface area contributed by atoms with Gasteiger partial charge in [0, 0.05) is 20.2 Å². The molecule has 8 aromatic carbocycles. The van der Waals surface area contributed by atoms with Crippen LogP contribution in [0.1, 0.15) is 16.7 Å². The molecule has 9 aromatic rings. The van der Waals surface area contributed by atoms with Crippen molar-refractivity contribution in [1.82, 2.24) is 0 Å². The third-order valence-electron chi connectivity index (χ3n) is 9.75. The molecule has 0 unspecified atom stereocenters. The van der Waals surface area contributed by atoms with E-state index in [-0.39, 0.29) is 0 Å². The van der Waals surface area contributed by atoms with Gasteiger partial charge in [0.2, 0.25) is 0 Å². The maximum Gasteiger partial charge on any atom is 0.0434 e. The van der Waals surface area contributed by atoms with Crippen LogP contribution >= 0.6 is 11.3 Å². The standard InChI is InChI=1S/C49H34S/c1-3-13-35(14-4-1)36-25-27-39(28-26-36)43(37-15-5-2-6-16-37)30-24-34-12-9-18-40(32-34)41-19-10-20-42(33-41)45-22-11-23-46-48-44-21-8-7-17-38(44)29-31-47(48)50-49(45)46/h1-23,25-33H,24H2/b43-30+. The van der Waals surface area contributed by atoms with Gasteiger partial charge >= 0.3 is 0 Å². The average Bonchev–Trinajstić information content (AvgIpc) is 3.59. The third-order valence-corrected chi connectivity index (χ3v) is 11.0. The number of thiophene rings is 1. The lowest BCUT2D eigenvalue weighted by molar-refractivity contribution is 1.27. The summed E-state index contributed by atoms with van der Waals surface area (Å²) in [6.45, 7) is 0. The van der Waals surface area contributed by atoms with E-state index in [4.69, 9.17) is 0 Å². The van der Waals surface area contributed by atoms with Crippen molar-refractivity contribution in [2.75, 3.05) is 0 Å². The van der Waals surface area contributed by atoms with Gasteiger partial charge in [0.25, 0.3) is 0 Å². The summed E-state index contributed by atoms with van der Waals surface area (Å²) >= 11 is 1.90. The summed E-state index contributed by atoms with van der Waals surface area (Å²) < 4.78 is 2.69. The molecular weight excluding hydrogens is 621 g/mol. The molecular formula is C49H34S. The van der Waals surface area contributed by atoms with Gasteiger partial charge in [-0.15, -0.1) is 11.3 Å². The van der Waals surface area contributed by atoms with Crippen LogP contribution in [0.15, 0.2) is 194 Å². The lowest BCUT2D eigenvalue weighted by Gasteiger charge is -2.11. The molecule has 0 saturated carbocycles. The fourth-order valence-corrected chi connectivity index (χ4v) is 8.51. The summed E-state index contributed by atoms with van der Waals surface area (Å²) in [4.78, 5) is 0. The van der Waals surface area contributed by atoms with Gasteiger partial charge in [-0.2, -0.15) is 0 Å². The maximum absolute atomic E-state index is 2.38. The van der Waals surface area contributed by atoms with Crippen molar-refractivity contribution < 1.29 is 0 Å². The molecule has 1 heteroatoms. The molecule has 0 spiro atoms. The van der Waals surface area contributed by atoms with E-state index in [0.717, 1.165) is 6.42 Å². The van der Waals surface area contributed by atoms with Crippen molar-refractivity contribution in [3.63, 3.8) is 0 Å². The van der Waals surface area contributed by atoms with Crippen LogP contribution in [-0.4, -0.2) is 0 Å². The predicted molar refractivity (Wildman–Crippen MR) is 217 cm³/mol. The summed E-state index contributed by atoms with van der Waals surface area (Å²) in [5.41, 5.74) is 12.5. The maximum atomic E-state index is 2.38. The first-order valence-corrected chi connectivity index (χ1v) is 18.0. The van der Waals surface area contributed by atoms with E-state index in [1.54, 1.807) is 0 Å². The molecule has 0 radical (unpaired) electrons. The van der Waals surface area contributed by atoms with Crippen LogP contribution in [0, 0.1) is 0 Å². The molecule has 0 fully saturated rings. The Kier molecular flexibility index (Phi) is 7.89. The Balaban J connectivity index is 1.05. The predicted octanol–water partition coefficient (Wildman–Crippen LogP) is 13.9. The summed E-state index contributed by atoms with van der Waals surface area (Å²) in [7, 11) is 0. The highest BCUT2D eigenvalue weighted by atomic mass is 32.1. The van der Waals surface area contributed by atoms with E-state index >= 15 is 0 Å². The molecule has 50 heavy (non-hydrogen) atoms. The smallest absolute Gasteiger partial charge is 0.0434 e. The van der Waals surface area contributed by atoms with Crippen LogP contribution in [0.5, 0.6) is 0 Å². The Bertz CT molecular complexity index is 2640. The Labute approximate surface area is 297 Å². The van der Waals surface area contributed by atoms with Crippen molar-refractivity contribution in [2.45, 2.75) is 6.42 Å². The van der Waals surface area contributed by atoms with Crippen molar-refractivity contribution in [3.8, 4) is 33.4 Å². The van der Waals surface area contributed by atoms with Gasteiger partial charge in [-0.25, -0.2) is 0 Å². The number of benzene rings is 8. The first-order chi connectivity index (χ1) is 24.8. The number of hydrogen-bond acceptors (Lipinski definition) is 1. The molecule has 1 heterocycles. The van der Waals surface area contributed by atoms with E-state index in [1.165, 1.54) is 86.6 Å². The first-order valence-electron chi connectivity index (χ1n) is 17.2. The minimum Gasteiger partial charge on any atom is -0.135 e. The molecule has 0 aliphatic carbocycles. The van der Waals surface area contributed by atoms with Crippen LogP contribution in [0.25, 0.3) is 69.9 Å². The fraction of sp³-hybridized carbons (Fsp3) is 0.0204. The van der Waals surface area contributed by atoms with Crippen LogP contribution in [0.2, 0.25) is 0 Å². The SMILES string of the molecule is C(/Cc1cccc(-c2cccc(-c3cccc4c3sc3ccc5ccccc5c34)c2)c1)=C(/c1ccccc1)c1ccc(-c2ccccc2)cc1. The minimum absolute atomic E-state index is 0.841. The topological polar surface area (TPSA) is 0 Å². The van der Waals surface area contributed by atoms with Gasteiger partial charge in [0.1, 0.15) is 0 Å². The van der Waals surface area contributed by atoms with Crippen LogP contribution in [0.4, 0.5) is 0 Å². The molecule has 0 N–H and O–H groups in total. The Morgan fingerprint density at radius 1 is 0.440 bits per heavy atom. The van der Waals surface area contributed by atoms with Crippen molar-refractivity contribution >= 4 is 47.9 Å². The molecule has 9 rings (SSSR count). The van der Waals surface area contributed by atoms with Crippen molar-refractivity contribution in [3.05, 3.63) is 211 Å². The number of allylic oxidation sites excluding steroid dienone is 1. The number of hydrogen-bond donors (Lipinski definition) is 0. The molecule has 0 atom stereocenters. The lowest BCUT2D eigenvalue weighted by atomic mass is 9.93. The molecule has 0 aliphatic rings. The summed E-state index contributed by atoms with van der Waals surface area (Å²) in [6.07, 6.45) is 3.22. The summed E-state index contributed by atoms with van der Waals surface area (Å²) in [6, 6.07) is 68.4. The highest BCUT2D eigenvalue weighted by molar-refractivity contribution is 7.26. The van der Waals surface area contributed by atoms with E-state index < -0.39 is 0 Å². The Morgan fingerprint density at radius 2 is 1.06 bits per heavy atom. The highest BCUT2D eigenvalue weighted by Gasteiger charge is 2.14. The van der Waals surface area contributed by atoms with E-state index in [2.05, 4.69) is 194 Å². The number of rotatable bonds is 7. The summed E-state index contributed by atoms with van der Waals surface area (Å²) in [5.74, 6) is 0. The first kappa shape index (κ1) is 30.1. The van der Waals surface area contributed by atoms with Crippen molar-refractivity contribution in [1.29, 1.82) is 0 Å². The van der Waals surface area contributed by atoms with Gasteiger partial charge in [0.05, 0.1) is 0 Å². The molecule has 0 bridgehead atoms. The highest BCUT2D eigenvalue weighted by Crippen LogP contribution is 2.43. The van der Waals surface area contributed by atoms with Gasteiger partial charge in [0.15, 0.2) is 0 Å². The van der Waals surface area contributed by atoms with E-state index in [0.29, 0.717) is 0 Å². The van der Waals surface area contributed by atoms with Gasteiger partial charge in [-0.1, -0.05) is 182 Å². The van der Waals surface area contributed by atoms with E-state index in [1.807, 2.05) is 11.3 Å². The second kappa shape index (κ2) is 13.1. The normalized spacial score (nSPS) is 11.8. The minimum atomic E-state index is 0.841. The molecule has 236 valence electrons. The lowest BCUT2D eigenvalue weighted by Crippen LogP contribution is -1.91. The number of fused-ring (bicyclic) bond motifs is 5. The Hall–Kier alpha value is -6.02. The second-order valence-electron chi connectivity index (χ2n) is 12.9. The average molecular weight is 655 g/mol. The molecule has 1 aromatic heterocycles. The second-order valence-corrected chi connectivity index (χ2v) is 13.9. The van der Waals surface area contributed by atoms with Crippen molar-refractivity contribution in [2.24, 2.45) is 0 Å². The molecule has 0 saturated heterocycles.